The average Bonchev–Trinajstić information content (AvgIpc) is 2.67. The number of aliphatic hydroxyl groups excluding tert-OH is 1. The maximum atomic E-state index is 9.23. The van der Waals surface area contributed by atoms with Gasteiger partial charge >= 0.3 is 0 Å². The minimum absolute atomic E-state index is 0.108. The summed E-state index contributed by atoms with van der Waals surface area (Å²) < 4.78 is 1.67. The maximum Gasteiger partial charge on any atom is 0.131 e. The molecule has 2 rings (SSSR count). The average molecular weight is 295 g/mol. The lowest BCUT2D eigenvalue weighted by Crippen LogP contribution is -2.26. The number of aromatic nitrogens is 3. The molecule has 0 saturated heterocycles. The third-order valence-corrected chi connectivity index (χ3v) is 3.67. The number of aryl methyl sites for hydroxylation is 2. The Morgan fingerprint density at radius 3 is 2.75 bits per heavy atom. The van der Waals surface area contributed by atoms with Crippen molar-refractivity contribution in [2.75, 3.05) is 13.2 Å². The van der Waals surface area contributed by atoms with Crippen LogP contribution in [0.1, 0.15) is 16.8 Å². The van der Waals surface area contributed by atoms with Crippen molar-refractivity contribution in [3.05, 3.63) is 46.5 Å². The van der Waals surface area contributed by atoms with Gasteiger partial charge in [-0.25, -0.2) is 0 Å². The molecule has 0 spiro atoms. The summed E-state index contributed by atoms with van der Waals surface area (Å²) in [5.74, 6) is 0. The van der Waals surface area contributed by atoms with Crippen molar-refractivity contribution in [1.29, 1.82) is 0 Å². The maximum absolute atomic E-state index is 9.23. The molecule has 0 fully saturated rings. The summed E-state index contributed by atoms with van der Waals surface area (Å²) in [6.07, 6.45) is 3.59. The second-order valence-electron chi connectivity index (χ2n) is 4.77. The van der Waals surface area contributed by atoms with E-state index in [1.54, 1.807) is 10.9 Å². The summed E-state index contributed by atoms with van der Waals surface area (Å²) in [6, 6.07) is 3.93. The minimum Gasteiger partial charge on any atom is -0.395 e. The van der Waals surface area contributed by atoms with Gasteiger partial charge in [0.15, 0.2) is 0 Å². The Morgan fingerprint density at radius 1 is 1.40 bits per heavy atom. The van der Waals surface area contributed by atoms with Crippen LogP contribution in [0.4, 0.5) is 0 Å². The number of hydrogen-bond acceptors (Lipinski definition) is 4. The smallest absolute Gasteiger partial charge is 0.131 e. The Morgan fingerprint density at radius 2 is 2.20 bits per heavy atom. The highest BCUT2D eigenvalue weighted by atomic mass is 35.5. The van der Waals surface area contributed by atoms with Crippen molar-refractivity contribution >= 4 is 11.6 Å². The molecule has 0 aliphatic heterocycles. The van der Waals surface area contributed by atoms with Crippen molar-refractivity contribution in [2.24, 2.45) is 7.05 Å². The van der Waals surface area contributed by atoms with Crippen LogP contribution in [0.5, 0.6) is 0 Å². The van der Waals surface area contributed by atoms with Crippen LogP contribution >= 0.6 is 11.6 Å². The van der Waals surface area contributed by atoms with Gasteiger partial charge in [-0.1, -0.05) is 17.7 Å². The standard InChI is InChI=1S/C14H19ClN4O/c1-11-13(14(15)18(2)17-11)10-19(6-7-20)9-12-4-3-5-16-8-12/h3-5,8,20H,6-7,9-10H2,1-2H3. The van der Waals surface area contributed by atoms with E-state index in [1.165, 1.54) is 0 Å². The lowest BCUT2D eigenvalue weighted by atomic mass is 10.2. The summed E-state index contributed by atoms with van der Waals surface area (Å²) in [6.45, 7) is 4.02. The lowest BCUT2D eigenvalue weighted by molar-refractivity contribution is 0.184. The van der Waals surface area contributed by atoms with Crippen LogP contribution in [-0.4, -0.2) is 37.9 Å². The Kier molecular flexibility index (Phi) is 5.11. The van der Waals surface area contributed by atoms with Crippen LogP contribution in [-0.2, 0) is 20.1 Å². The summed E-state index contributed by atoms with van der Waals surface area (Å²) in [5.41, 5.74) is 3.04. The first kappa shape index (κ1) is 15.0. The SMILES string of the molecule is Cc1nn(C)c(Cl)c1CN(CCO)Cc1cccnc1. The van der Waals surface area contributed by atoms with Gasteiger partial charge in [-0.2, -0.15) is 5.10 Å². The van der Waals surface area contributed by atoms with E-state index in [2.05, 4.69) is 15.0 Å². The molecule has 0 aliphatic carbocycles. The fourth-order valence-electron chi connectivity index (χ4n) is 2.18. The molecule has 2 aromatic rings. The first-order valence-corrected chi connectivity index (χ1v) is 6.89. The van der Waals surface area contributed by atoms with Gasteiger partial charge in [0, 0.05) is 44.6 Å². The minimum atomic E-state index is 0.108. The zero-order valence-corrected chi connectivity index (χ0v) is 12.5. The first-order valence-electron chi connectivity index (χ1n) is 6.52. The molecule has 5 nitrogen and oxygen atoms in total. The van der Waals surface area contributed by atoms with Crippen molar-refractivity contribution in [1.82, 2.24) is 19.7 Å². The fraction of sp³-hybridized carbons (Fsp3) is 0.429. The van der Waals surface area contributed by atoms with Crippen LogP contribution in [0.15, 0.2) is 24.5 Å². The normalized spacial score (nSPS) is 11.2. The van der Waals surface area contributed by atoms with Crippen LogP contribution in [0, 0.1) is 6.92 Å². The Labute approximate surface area is 123 Å². The van der Waals surface area contributed by atoms with Crippen molar-refractivity contribution < 1.29 is 5.11 Å². The zero-order chi connectivity index (χ0) is 14.5. The fourth-order valence-corrected chi connectivity index (χ4v) is 2.42. The first-order chi connectivity index (χ1) is 9.61. The summed E-state index contributed by atoms with van der Waals surface area (Å²) >= 11 is 6.26. The molecule has 0 radical (unpaired) electrons. The van der Waals surface area contributed by atoms with E-state index in [1.807, 2.05) is 32.3 Å². The third kappa shape index (κ3) is 3.56. The van der Waals surface area contributed by atoms with Gasteiger partial charge in [-0.3, -0.25) is 14.6 Å². The van der Waals surface area contributed by atoms with Gasteiger partial charge in [0.25, 0.3) is 0 Å². The molecule has 2 heterocycles. The molecule has 0 saturated carbocycles. The molecule has 1 N–H and O–H groups in total. The third-order valence-electron chi connectivity index (χ3n) is 3.20. The molecule has 20 heavy (non-hydrogen) atoms. The molecule has 0 aromatic carbocycles. The number of aliphatic hydroxyl groups is 1. The number of pyridine rings is 1. The quantitative estimate of drug-likeness (QED) is 0.882. The van der Waals surface area contributed by atoms with Gasteiger partial charge in [0.2, 0.25) is 0 Å². The van der Waals surface area contributed by atoms with E-state index in [0.717, 1.165) is 23.4 Å². The van der Waals surface area contributed by atoms with E-state index in [-0.39, 0.29) is 6.61 Å². The number of hydrogen-bond donors (Lipinski definition) is 1. The van der Waals surface area contributed by atoms with Crippen LogP contribution in [0.25, 0.3) is 0 Å². The van der Waals surface area contributed by atoms with E-state index in [9.17, 15) is 5.11 Å². The summed E-state index contributed by atoms with van der Waals surface area (Å²) in [5, 5.41) is 14.2. The molecular weight excluding hydrogens is 276 g/mol. The van der Waals surface area contributed by atoms with Crippen molar-refractivity contribution in [2.45, 2.75) is 20.0 Å². The van der Waals surface area contributed by atoms with E-state index >= 15 is 0 Å². The topological polar surface area (TPSA) is 54.2 Å². The van der Waals surface area contributed by atoms with Crippen LogP contribution < -0.4 is 0 Å². The Bertz CT molecular complexity index is 556. The summed E-state index contributed by atoms with van der Waals surface area (Å²) in [4.78, 5) is 6.24. The Balaban J connectivity index is 2.13. The zero-order valence-electron chi connectivity index (χ0n) is 11.8. The van der Waals surface area contributed by atoms with Gasteiger partial charge in [0.05, 0.1) is 12.3 Å². The van der Waals surface area contributed by atoms with Crippen LogP contribution in [0.2, 0.25) is 5.15 Å². The van der Waals surface area contributed by atoms with Gasteiger partial charge in [-0.15, -0.1) is 0 Å². The molecule has 0 bridgehead atoms. The predicted molar refractivity (Wildman–Crippen MR) is 78.4 cm³/mol. The molecule has 6 heteroatoms. The highest BCUT2D eigenvalue weighted by Gasteiger charge is 2.15. The van der Waals surface area contributed by atoms with E-state index in [0.29, 0.717) is 18.2 Å². The molecule has 108 valence electrons. The van der Waals surface area contributed by atoms with Gasteiger partial charge in [0.1, 0.15) is 5.15 Å². The number of halogens is 1. The van der Waals surface area contributed by atoms with Gasteiger partial charge in [-0.05, 0) is 18.6 Å². The molecule has 0 atom stereocenters. The highest BCUT2D eigenvalue weighted by molar-refractivity contribution is 6.30. The van der Waals surface area contributed by atoms with Crippen LogP contribution in [0.3, 0.4) is 0 Å². The largest absolute Gasteiger partial charge is 0.395 e. The summed E-state index contributed by atoms with van der Waals surface area (Å²) in [7, 11) is 1.83. The molecule has 0 amide bonds. The van der Waals surface area contributed by atoms with Gasteiger partial charge < -0.3 is 5.11 Å². The molecular formula is C14H19ClN4O. The number of rotatable bonds is 6. The lowest BCUT2D eigenvalue weighted by Gasteiger charge is -2.21. The molecule has 2 aromatic heterocycles. The molecule has 0 unspecified atom stereocenters. The van der Waals surface area contributed by atoms with E-state index < -0.39 is 0 Å². The molecule has 0 aliphatic rings. The second kappa shape index (κ2) is 6.83. The second-order valence-corrected chi connectivity index (χ2v) is 5.13. The van der Waals surface area contributed by atoms with E-state index in [4.69, 9.17) is 11.6 Å². The van der Waals surface area contributed by atoms with Crippen molar-refractivity contribution in [3.63, 3.8) is 0 Å². The highest BCUT2D eigenvalue weighted by Crippen LogP contribution is 2.21. The van der Waals surface area contributed by atoms with Crippen molar-refractivity contribution in [3.8, 4) is 0 Å². The number of nitrogens with zero attached hydrogens (tertiary/aromatic N) is 4. The monoisotopic (exact) mass is 294 g/mol. The predicted octanol–water partition coefficient (Wildman–Crippen LogP) is 1.77. The Hall–Kier alpha value is -1.43.